The Morgan fingerprint density at radius 2 is 2.00 bits per heavy atom. The van der Waals surface area contributed by atoms with Crippen molar-refractivity contribution in [2.45, 2.75) is 0 Å². The molecule has 0 fully saturated rings. The lowest BCUT2D eigenvalue weighted by Gasteiger charge is -2.06. The number of carbonyl (C=O) groups excluding carboxylic acids is 2. The van der Waals surface area contributed by atoms with Crippen LogP contribution in [0.4, 0.5) is 0 Å². The van der Waals surface area contributed by atoms with Gasteiger partial charge in [-0.25, -0.2) is 0 Å². The highest BCUT2D eigenvalue weighted by Crippen LogP contribution is 2.17. The van der Waals surface area contributed by atoms with Gasteiger partial charge >= 0.3 is 0 Å². The molecule has 1 aliphatic rings. The van der Waals surface area contributed by atoms with Crippen LogP contribution in [0.15, 0.2) is 22.4 Å². The molecule has 0 unspecified atom stereocenters. The first-order chi connectivity index (χ1) is 5.15. The van der Waals surface area contributed by atoms with Crippen molar-refractivity contribution in [2.24, 2.45) is 0 Å². The number of carbonyl (C=O) groups is 2. The number of hydrogen-bond acceptors (Lipinski definition) is 3. The maximum absolute atomic E-state index is 11.0. The first-order valence-corrected chi connectivity index (χ1v) is 3.66. The molecule has 0 N–H and O–H groups in total. The maximum Gasteiger partial charge on any atom is 0.234 e. The Morgan fingerprint density at radius 3 is 2.55 bits per heavy atom. The Bertz CT molecular complexity index is 275. The van der Waals surface area contributed by atoms with Gasteiger partial charge in [-0.1, -0.05) is 0 Å². The van der Waals surface area contributed by atoms with Gasteiger partial charge in [-0.05, 0) is 15.9 Å². The lowest BCUT2D eigenvalue weighted by Crippen LogP contribution is -2.12. The highest BCUT2D eigenvalue weighted by atomic mass is 79.9. The van der Waals surface area contributed by atoms with Gasteiger partial charge in [0.2, 0.25) is 5.78 Å². The minimum atomic E-state index is -0.299. The van der Waals surface area contributed by atoms with Gasteiger partial charge in [0.15, 0.2) is 11.5 Å². The summed E-state index contributed by atoms with van der Waals surface area (Å²) in [6.45, 7) is 0. The van der Waals surface area contributed by atoms with Crippen molar-refractivity contribution >= 4 is 27.5 Å². The second-order valence-electron chi connectivity index (χ2n) is 1.94. The van der Waals surface area contributed by atoms with E-state index in [1.54, 1.807) is 0 Å². The van der Waals surface area contributed by atoms with Crippen molar-refractivity contribution in [3.63, 3.8) is 0 Å². The van der Waals surface area contributed by atoms with Gasteiger partial charge in [0.1, 0.15) is 0 Å². The molecular weight excluding hydrogens is 212 g/mol. The minimum absolute atomic E-state index is 0.0735. The number of methoxy groups -OCH3 is 1. The van der Waals surface area contributed by atoms with E-state index in [-0.39, 0.29) is 21.8 Å². The van der Waals surface area contributed by atoms with E-state index in [9.17, 15) is 9.59 Å². The number of hydrogen-bond donors (Lipinski definition) is 0. The number of halogens is 1. The van der Waals surface area contributed by atoms with E-state index in [1.165, 1.54) is 13.2 Å². The molecule has 58 valence electrons. The zero-order valence-electron chi connectivity index (χ0n) is 5.76. The largest absolute Gasteiger partial charge is 0.492 e. The quantitative estimate of drug-likeness (QED) is 0.614. The van der Waals surface area contributed by atoms with Gasteiger partial charge in [0, 0.05) is 12.2 Å². The first kappa shape index (κ1) is 8.20. The van der Waals surface area contributed by atoms with Crippen molar-refractivity contribution in [3.05, 3.63) is 22.4 Å². The molecule has 0 saturated heterocycles. The average Bonchev–Trinajstić information content (AvgIpc) is 1.96. The molecule has 0 aromatic rings. The molecular formula is C7H5BrO3. The fraction of sp³-hybridized carbons (Fsp3) is 0.143. The van der Waals surface area contributed by atoms with Crippen LogP contribution in [0.5, 0.6) is 0 Å². The standard InChI is InChI=1S/C7H5BrO3/c1-11-6-3-4(9)2-5(8)7(6)10/h2-3H,1H3. The van der Waals surface area contributed by atoms with Crippen molar-refractivity contribution in [2.75, 3.05) is 7.11 Å². The van der Waals surface area contributed by atoms with Gasteiger partial charge in [-0.15, -0.1) is 0 Å². The van der Waals surface area contributed by atoms with Gasteiger partial charge in [0.25, 0.3) is 0 Å². The Hall–Kier alpha value is -0.900. The van der Waals surface area contributed by atoms with Crippen LogP contribution in [-0.4, -0.2) is 18.7 Å². The van der Waals surface area contributed by atoms with Crippen molar-refractivity contribution < 1.29 is 14.3 Å². The van der Waals surface area contributed by atoms with E-state index in [4.69, 9.17) is 0 Å². The molecule has 0 bridgehead atoms. The Labute approximate surface area is 71.8 Å². The molecule has 11 heavy (non-hydrogen) atoms. The first-order valence-electron chi connectivity index (χ1n) is 2.86. The van der Waals surface area contributed by atoms with E-state index < -0.39 is 0 Å². The number of rotatable bonds is 1. The predicted molar refractivity (Wildman–Crippen MR) is 42.1 cm³/mol. The zero-order chi connectivity index (χ0) is 8.43. The van der Waals surface area contributed by atoms with Crippen LogP contribution in [0.2, 0.25) is 0 Å². The summed E-state index contributed by atoms with van der Waals surface area (Å²) in [5, 5.41) is 0. The van der Waals surface area contributed by atoms with E-state index in [1.807, 2.05) is 0 Å². The third kappa shape index (κ3) is 1.57. The number of ether oxygens (including phenoxy) is 1. The van der Waals surface area contributed by atoms with E-state index >= 15 is 0 Å². The SMILES string of the molecule is COC1=CC(=O)C=C(Br)C1=O. The van der Waals surface area contributed by atoms with Crippen molar-refractivity contribution in [1.82, 2.24) is 0 Å². The van der Waals surface area contributed by atoms with E-state index in [2.05, 4.69) is 20.7 Å². The highest BCUT2D eigenvalue weighted by Gasteiger charge is 2.19. The summed E-state index contributed by atoms with van der Waals surface area (Å²) in [4.78, 5) is 21.8. The highest BCUT2D eigenvalue weighted by molar-refractivity contribution is 9.12. The van der Waals surface area contributed by atoms with Crippen LogP contribution in [0, 0.1) is 0 Å². The monoisotopic (exact) mass is 216 g/mol. The van der Waals surface area contributed by atoms with Crippen LogP contribution in [0.1, 0.15) is 0 Å². The molecule has 0 heterocycles. The zero-order valence-corrected chi connectivity index (χ0v) is 7.34. The summed E-state index contributed by atoms with van der Waals surface area (Å²) in [6, 6.07) is 0. The molecule has 0 aromatic heterocycles. The maximum atomic E-state index is 11.0. The molecule has 0 aromatic carbocycles. The molecule has 0 spiro atoms. The van der Waals surface area contributed by atoms with Gasteiger partial charge < -0.3 is 4.74 Å². The fourth-order valence-electron chi connectivity index (χ4n) is 0.696. The molecule has 0 saturated carbocycles. The van der Waals surface area contributed by atoms with Gasteiger partial charge in [-0.3, -0.25) is 9.59 Å². The normalized spacial score (nSPS) is 17.6. The molecule has 3 nitrogen and oxygen atoms in total. The number of allylic oxidation sites excluding steroid dienone is 3. The Kier molecular flexibility index (Phi) is 2.24. The number of ketones is 2. The van der Waals surface area contributed by atoms with Crippen LogP contribution in [0.3, 0.4) is 0 Å². The second kappa shape index (κ2) is 3.00. The van der Waals surface area contributed by atoms with E-state index in [0.717, 1.165) is 6.08 Å². The number of Topliss-reactive ketones (excluding diaryl/α,β-unsaturated/α-hetero) is 1. The summed E-state index contributed by atoms with van der Waals surface area (Å²) in [5.74, 6) is -0.468. The summed E-state index contributed by atoms with van der Waals surface area (Å²) < 4.78 is 4.90. The van der Waals surface area contributed by atoms with Gasteiger partial charge in [-0.2, -0.15) is 0 Å². The molecule has 0 radical (unpaired) electrons. The lowest BCUT2D eigenvalue weighted by atomic mass is 10.1. The summed E-state index contributed by atoms with van der Waals surface area (Å²) in [6.07, 6.45) is 2.37. The summed E-state index contributed by atoms with van der Waals surface area (Å²) in [5.41, 5.74) is 0. The van der Waals surface area contributed by atoms with Crippen LogP contribution in [0.25, 0.3) is 0 Å². The fourth-order valence-corrected chi connectivity index (χ4v) is 1.12. The van der Waals surface area contributed by atoms with Crippen molar-refractivity contribution in [1.29, 1.82) is 0 Å². The molecule has 0 atom stereocenters. The predicted octanol–water partition coefficient (Wildman–Crippen LogP) is 0.947. The van der Waals surface area contributed by atoms with Crippen LogP contribution >= 0.6 is 15.9 Å². The molecule has 0 aliphatic heterocycles. The van der Waals surface area contributed by atoms with Crippen LogP contribution in [-0.2, 0) is 14.3 Å². The topological polar surface area (TPSA) is 43.4 Å². The lowest BCUT2D eigenvalue weighted by molar-refractivity contribution is -0.117. The third-order valence-corrected chi connectivity index (χ3v) is 1.79. The Morgan fingerprint density at radius 1 is 1.36 bits per heavy atom. The minimum Gasteiger partial charge on any atom is -0.492 e. The summed E-state index contributed by atoms with van der Waals surface area (Å²) in [7, 11) is 1.35. The van der Waals surface area contributed by atoms with Crippen LogP contribution < -0.4 is 0 Å². The van der Waals surface area contributed by atoms with Crippen molar-refractivity contribution in [3.8, 4) is 0 Å². The summed E-state index contributed by atoms with van der Waals surface area (Å²) >= 11 is 2.95. The second-order valence-corrected chi connectivity index (χ2v) is 2.79. The van der Waals surface area contributed by atoms with E-state index in [0.29, 0.717) is 0 Å². The smallest absolute Gasteiger partial charge is 0.234 e. The van der Waals surface area contributed by atoms with Gasteiger partial charge in [0.05, 0.1) is 11.6 Å². The third-order valence-electron chi connectivity index (χ3n) is 1.20. The average molecular weight is 217 g/mol. The molecule has 0 amide bonds. The molecule has 4 heteroatoms. The Balaban J connectivity index is 3.00. The molecule has 1 rings (SSSR count). The molecule has 1 aliphatic carbocycles.